The van der Waals surface area contributed by atoms with Crippen molar-refractivity contribution in [3.63, 3.8) is 0 Å². The van der Waals surface area contributed by atoms with Gasteiger partial charge in [0.1, 0.15) is 0 Å². The molecule has 4 aromatic rings. The van der Waals surface area contributed by atoms with E-state index in [4.69, 9.17) is 0 Å². The second-order valence-electron chi connectivity index (χ2n) is 20.0. The zero-order chi connectivity index (χ0) is 46.8. The summed E-state index contributed by atoms with van der Waals surface area (Å²) in [5, 5.41) is 17.0. The van der Waals surface area contributed by atoms with Gasteiger partial charge in [0.25, 0.3) is 0 Å². The van der Waals surface area contributed by atoms with Gasteiger partial charge in [-0.3, -0.25) is 34.9 Å². The molecule has 0 amide bonds. The number of hydrogen-bond donors (Lipinski definition) is 5. The zero-order valence-corrected chi connectivity index (χ0v) is 41.6. The van der Waals surface area contributed by atoms with Gasteiger partial charge in [-0.1, -0.05) is 26.0 Å². The Kier molecular flexibility index (Phi) is 25.5. The van der Waals surface area contributed by atoms with Crippen LogP contribution in [0.4, 0.5) is 0 Å². The lowest BCUT2D eigenvalue weighted by molar-refractivity contribution is 0.373. The van der Waals surface area contributed by atoms with Crippen molar-refractivity contribution in [1.29, 1.82) is 0 Å². The largest absolute Gasteiger partial charge is 0.310 e. The molecule has 0 saturated carbocycles. The van der Waals surface area contributed by atoms with E-state index in [-0.39, 0.29) is 22.2 Å². The SMILES string of the molecule is CC(C)(C)NCc1cccnc1.CC(C)(C)NCc1cnccn1.CC(C)NCc1ccncc1.CC1CN=C(CNC(C)(C)C)C=N1.Cc1cccc(C(C)NC(C)(C)C)n1. The minimum absolute atomic E-state index is 0.130. The Bertz CT molecular complexity index is 1730. The molecule has 0 bridgehead atoms. The van der Waals surface area contributed by atoms with Gasteiger partial charge >= 0.3 is 0 Å². The highest BCUT2D eigenvalue weighted by Crippen LogP contribution is 2.14. The number of hydrogen-bond acceptors (Lipinski definition) is 12. The van der Waals surface area contributed by atoms with Gasteiger partial charge < -0.3 is 26.6 Å². The summed E-state index contributed by atoms with van der Waals surface area (Å²) in [6.45, 7) is 40.6. The van der Waals surface area contributed by atoms with Crippen LogP contribution < -0.4 is 26.6 Å². The molecule has 12 nitrogen and oxygen atoms in total. The van der Waals surface area contributed by atoms with Crippen molar-refractivity contribution in [2.45, 2.75) is 178 Å². The van der Waals surface area contributed by atoms with Gasteiger partial charge in [0, 0.05) is 116 Å². The topological polar surface area (TPSA) is 149 Å². The first-order chi connectivity index (χ1) is 28.8. The summed E-state index contributed by atoms with van der Waals surface area (Å²) in [4.78, 5) is 29.4. The molecule has 4 aromatic heterocycles. The zero-order valence-electron chi connectivity index (χ0n) is 41.6. The van der Waals surface area contributed by atoms with Crippen LogP contribution in [0, 0.1) is 6.92 Å². The number of aromatic nitrogens is 5. The Morgan fingerprint density at radius 2 is 1.23 bits per heavy atom. The molecule has 62 heavy (non-hydrogen) atoms. The van der Waals surface area contributed by atoms with E-state index in [9.17, 15) is 0 Å². The number of aryl methyl sites for hydroxylation is 1. The first-order valence-electron chi connectivity index (χ1n) is 22.1. The van der Waals surface area contributed by atoms with Crippen LogP contribution in [-0.2, 0) is 19.6 Å². The van der Waals surface area contributed by atoms with Crippen molar-refractivity contribution >= 4 is 11.9 Å². The lowest BCUT2D eigenvalue weighted by atomic mass is 10.1. The van der Waals surface area contributed by atoms with Gasteiger partial charge in [0.2, 0.25) is 0 Å². The van der Waals surface area contributed by atoms with Gasteiger partial charge in [-0.05, 0) is 145 Å². The first-order valence-corrected chi connectivity index (χ1v) is 22.1. The summed E-state index contributed by atoms with van der Waals surface area (Å²) < 4.78 is 0. The van der Waals surface area contributed by atoms with Crippen molar-refractivity contribution < 1.29 is 0 Å². The number of nitrogens with one attached hydrogen (secondary N) is 5. The highest BCUT2D eigenvalue weighted by Gasteiger charge is 2.16. The van der Waals surface area contributed by atoms with Crippen molar-refractivity contribution in [1.82, 2.24) is 51.5 Å². The Labute approximate surface area is 377 Å². The molecule has 0 aromatic carbocycles. The maximum Gasteiger partial charge on any atom is 0.0724 e. The molecule has 0 saturated heterocycles. The van der Waals surface area contributed by atoms with E-state index in [0.29, 0.717) is 18.1 Å². The molecule has 5 rings (SSSR count). The average molecular weight is 853 g/mol. The fourth-order valence-corrected chi connectivity index (χ4v) is 5.01. The maximum atomic E-state index is 4.49. The van der Waals surface area contributed by atoms with Crippen molar-refractivity contribution in [3.8, 4) is 0 Å². The normalized spacial score (nSPS) is 14.4. The Morgan fingerprint density at radius 1 is 0.613 bits per heavy atom. The summed E-state index contributed by atoms with van der Waals surface area (Å²) in [5.41, 5.74) is 7.34. The van der Waals surface area contributed by atoms with E-state index in [2.05, 4.69) is 190 Å². The summed E-state index contributed by atoms with van der Waals surface area (Å²) in [5.74, 6) is 0. The molecule has 0 spiro atoms. The average Bonchev–Trinajstić information content (AvgIpc) is 3.19. The molecule has 0 radical (unpaired) electrons. The summed E-state index contributed by atoms with van der Waals surface area (Å²) in [7, 11) is 0. The smallest absolute Gasteiger partial charge is 0.0724 e. The van der Waals surface area contributed by atoms with Gasteiger partial charge in [0.05, 0.1) is 29.7 Å². The summed E-state index contributed by atoms with van der Waals surface area (Å²) in [6.07, 6.45) is 14.4. The van der Waals surface area contributed by atoms with Gasteiger partial charge in [0.15, 0.2) is 0 Å². The summed E-state index contributed by atoms with van der Waals surface area (Å²) in [6, 6.07) is 15.4. The number of aliphatic imine (C=N–C) groups is 2. The minimum Gasteiger partial charge on any atom is -0.310 e. The molecule has 2 atom stereocenters. The monoisotopic (exact) mass is 853 g/mol. The molecule has 2 unspecified atom stereocenters. The molecule has 344 valence electrons. The predicted molar refractivity (Wildman–Crippen MR) is 264 cm³/mol. The van der Waals surface area contributed by atoms with Crippen molar-refractivity contribution in [2.24, 2.45) is 9.98 Å². The van der Waals surface area contributed by atoms with Crippen LogP contribution in [0.1, 0.15) is 145 Å². The number of pyridine rings is 3. The number of nitrogens with zero attached hydrogens (tertiary/aromatic N) is 7. The lowest BCUT2D eigenvalue weighted by Gasteiger charge is -2.25. The quantitative estimate of drug-likeness (QED) is 0.0990. The third kappa shape index (κ3) is 32.4. The van der Waals surface area contributed by atoms with E-state index in [1.165, 1.54) is 11.1 Å². The molecule has 0 aliphatic carbocycles. The number of rotatable bonds is 11. The molecule has 12 heteroatoms. The third-order valence-electron chi connectivity index (χ3n) is 8.27. The highest BCUT2D eigenvalue weighted by atomic mass is 15.0. The van der Waals surface area contributed by atoms with Crippen LogP contribution in [0.2, 0.25) is 0 Å². The van der Waals surface area contributed by atoms with Gasteiger partial charge in [-0.15, -0.1) is 0 Å². The third-order valence-corrected chi connectivity index (χ3v) is 8.27. The molecule has 5 N–H and O–H groups in total. The Hall–Kier alpha value is -4.33. The lowest BCUT2D eigenvalue weighted by Crippen LogP contribution is -2.40. The molecule has 5 heterocycles. The Balaban J connectivity index is 0.000000388. The summed E-state index contributed by atoms with van der Waals surface area (Å²) >= 11 is 0. The van der Waals surface area contributed by atoms with Gasteiger partial charge in [-0.25, -0.2) is 0 Å². The van der Waals surface area contributed by atoms with E-state index in [0.717, 1.165) is 55.5 Å². The van der Waals surface area contributed by atoms with E-state index < -0.39 is 0 Å². The maximum absolute atomic E-state index is 4.49. The molecular weight excluding hydrogens is 769 g/mol. The second kappa shape index (κ2) is 28.4. The Morgan fingerprint density at radius 3 is 1.73 bits per heavy atom. The van der Waals surface area contributed by atoms with E-state index in [1.807, 2.05) is 56.0 Å². The van der Waals surface area contributed by atoms with Gasteiger partial charge in [-0.2, -0.15) is 0 Å². The molecule has 0 fully saturated rings. The van der Waals surface area contributed by atoms with Crippen molar-refractivity contribution in [2.75, 3.05) is 13.1 Å². The fourth-order valence-electron chi connectivity index (χ4n) is 5.01. The van der Waals surface area contributed by atoms with Crippen LogP contribution in [0.15, 0.2) is 95.8 Å². The van der Waals surface area contributed by atoms with Crippen LogP contribution in [0.25, 0.3) is 0 Å². The molecule has 1 aliphatic rings. The minimum atomic E-state index is 0.130. The van der Waals surface area contributed by atoms with E-state index in [1.54, 1.807) is 24.8 Å². The standard InChI is InChI=1S/C12H20N2.C10H19N3.C10H16N2.C9H15N3.C9H14N2/c1-9-7-6-8-11(13-9)10(2)14-12(3,4)5;1-8-5-12-9(6-11-8)7-13-10(2,3)4;1-10(2,3)12-8-9-5-4-6-11-7-9;1-9(2,3)12-7-8-6-10-4-5-11-8;1-8(2)11-7-9-3-5-10-6-4-9/h6-8,10,14H,1-5H3;6,8,13H,5,7H2,1-4H3;4-7,12H,8H2,1-3H3;4-6,12H,7H2,1-3H3;3-6,8,11H,7H2,1-2H3. The highest BCUT2D eigenvalue weighted by molar-refractivity contribution is 6.32. The second-order valence-corrected chi connectivity index (χ2v) is 20.0. The van der Waals surface area contributed by atoms with E-state index >= 15 is 0 Å². The van der Waals surface area contributed by atoms with Crippen LogP contribution in [-0.4, -0.2) is 84.2 Å². The van der Waals surface area contributed by atoms with Crippen LogP contribution >= 0.6 is 0 Å². The van der Waals surface area contributed by atoms with Crippen LogP contribution in [0.3, 0.4) is 0 Å². The first kappa shape index (κ1) is 55.7. The predicted octanol–water partition coefficient (Wildman–Crippen LogP) is 9.04. The molecular formula is C50H84N12. The van der Waals surface area contributed by atoms with Crippen LogP contribution in [0.5, 0.6) is 0 Å². The fraction of sp³-hybridized carbons (Fsp3) is 0.580. The van der Waals surface area contributed by atoms with Crippen molar-refractivity contribution in [3.05, 3.63) is 114 Å². The molecule has 1 aliphatic heterocycles.